The summed E-state index contributed by atoms with van der Waals surface area (Å²) < 4.78 is 21.4. The first-order valence-corrected chi connectivity index (χ1v) is 14.8. The van der Waals surface area contributed by atoms with Gasteiger partial charge in [-0.3, -0.25) is 9.59 Å². The molecule has 0 aromatic heterocycles. The second-order valence-corrected chi connectivity index (χ2v) is 12.4. The first-order valence-electron chi connectivity index (χ1n) is 14.8. The van der Waals surface area contributed by atoms with Gasteiger partial charge < -0.3 is 9.64 Å². The molecule has 5 aliphatic rings. The number of Topliss-reactive ketones (excluding diaryl/α,β-unsaturated/α-hetero) is 1. The molecule has 5 heteroatoms. The predicted octanol–water partition coefficient (Wildman–Crippen LogP) is 6.36. The summed E-state index contributed by atoms with van der Waals surface area (Å²) in [6, 6.07) is 8.91. The molecule has 1 unspecified atom stereocenters. The van der Waals surface area contributed by atoms with E-state index < -0.39 is 11.6 Å². The van der Waals surface area contributed by atoms with E-state index in [9.17, 15) is 9.59 Å². The third-order valence-corrected chi connectivity index (χ3v) is 10.8. The summed E-state index contributed by atoms with van der Waals surface area (Å²) in [4.78, 5) is 28.4. The molecule has 6 atom stereocenters. The van der Waals surface area contributed by atoms with Gasteiger partial charge in [0, 0.05) is 37.5 Å². The quantitative estimate of drug-likeness (QED) is 0.426. The molecular weight excluding hydrogens is 489 g/mol. The van der Waals surface area contributed by atoms with Gasteiger partial charge in [-0.2, -0.15) is 0 Å². The van der Waals surface area contributed by atoms with Crippen molar-refractivity contribution in [2.45, 2.75) is 77.8 Å². The van der Waals surface area contributed by atoms with Gasteiger partial charge in [-0.25, -0.2) is 4.39 Å². The van der Waals surface area contributed by atoms with Gasteiger partial charge in [-0.15, -0.1) is 5.92 Å². The summed E-state index contributed by atoms with van der Waals surface area (Å²) in [6.07, 6.45) is 4.87. The van der Waals surface area contributed by atoms with Crippen LogP contribution in [0.25, 0.3) is 0 Å². The number of rotatable bonds is 4. The maximum atomic E-state index is 15.8. The number of ketones is 2. The van der Waals surface area contributed by atoms with E-state index in [-0.39, 0.29) is 34.7 Å². The number of nitrogens with zero attached hydrogens (tertiary/aromatic N) is 1. The number of carbonyl (C=O) groups excluding carboxylic acids is 2. The number of carbonyl (C=O) groups is 2. The summed E-state index contributed by atoms with van der Waals surface area (Å²) in [6.45, 7) is 9.33. The van der Waals surface area contributed by atoms with Gasteiger partial charge in [0.2, 0.25) is 0 Å². The number of alkyl halides is 1. The van der Waals surface area contributed by atoms with Crippen LogP contribution in [0.3, 0.4) is 0 Å². The maximum absolute atomic E-state index is 15.8. The van der Waals surface area contributed by atoms with Crippen molar-refractivity contribution in [2.24, 2.45) is 22.7 Å². The number of allylic oxidation sites excluding steroid dienone is 4. The fraction of sp³-hybridized carbons (Fsp3) is 0.588. The van der Waals surface area contributed by atoms with Crippen LogP contribution in [0, 0.1) is 34.5 Å². The Morgan fingerprint density at radius 3 is 2.62 bits per heavy atom. The van der Waals surface area contributed by atoms with Crippen molar-refractivity contribution in [3.63, 3.8) is 0 Å². The minimum Gasteiger partial charge on any atom is -0.378 e. The van der Waals surface area contributed by atoms with E-state index >= 15 is 4.39 Å². The van der Waals surface area contributed by atoms with Gasteiger partial charge >= 0.3 is 0 Å². The van der Waals surface area contributed by atoms with E-state index in [1.807, 2.05) is 13.8 Å². The molecule has 4 nitrogen and oxygen atoms in total. The third-order valence-electron chi connectivity index (χ3n) is 10.8. The lowest BCUT2D eigenvalue weighted by atomic mass is 9.48. The Labute approximate surface area is 232 Å². The Hall–Kier alpha value is -2.71. The Bertz CT molecular complexity index is 1290. The number of hydrogen-bond donors (Lipinski definition) is 0. The SMILES string of the molecule is CC#C[C@]1(C(=O)CC)CC[C@H]2[C@@H]3CC(F)C4=CC(=O)CCC4=C3[C@@H](c3ccc(N4CCOCC4)cc3)C[C@@]21C. The number of anilines is 1. The van der Waals surface area contributed by atoms with Crippen molar-refractivity contribution < 1.29 is 18.7 Å². The van der Waals surface area contributed by atoms with E-state index in [2.05, 4.69) is 47.9 Å². The fourth-order valence-electron chi connectivity index (χ4n) is 8.95. The molecule has 4 aliphatic carbocycles. The fourth-order valence-corrected chi connectivity index (χ4v) is 8.95. The van der Waals surface area contributed by atoms with Crippen LogP contribution >= 0.6 is 0 Å². The highest BCUT2D eigenvalue weighted by atomic mass is 19.1. The maximum Gasteiger partial charge on any atom is 0.156 e. The number of fused-ring (bicyclic) bond motifs is 4. The van der Waals surface area contributed by atoms with Gasteiger partial charge in [0.25, 0.3) is 0 Å². The number of halogens is 1. The largest absolute Gasteiger partial charge is 0.378 e. The third kappa shape index (κ3) is 4.05. The van der Waals surface area contributed by atoms with Crippen molar-refractivity contribution in [3.8, 4) is 11.8 Å². The van der Waals surface area contributed by atoms with Crippen LogP contribution in [0.2, 0.25) is 0 Å². The van der Waals surface area contributed by atoms with Gasteiger partial charge in [0.15, 0.2) is 11.6 Å². The topological polar surface area (TPSA) is 46.6 Å². The second kappa shape index (κ2) is 10.0. The standard InChI is InChI=1S/C34H40FNO3/c1-4-13-34(31(38)5-2)14-12-29-27-20-30(35)26-19-24(37)10-11-25(26)32(27)28(21-33(29,34)3)22-6-8-23(9-7-22)36-15-17-39-18-16-36/h6-9,19,27-30H,5,10-12,14-18,20-21H2,1-3H3/t27-,28+,29-,30?,33-,34+/m0/s1. The normalized spacial score (nSPS) is 35.8. The molecule has 1 heterocycles. The molecule has 0 amide bonds. The number of morpholine rings is 1. The molecule has 39 heavy (non-hydrogen) atoms. The smallest absolute Gasteiger partial charge is 0.156 e. The van der Waals surface area contributed by atoms with Gasteiger partial charge in [-0.1, -0.05) is 37.5 Å². The van der Waals surface area contributed by atoms with Gasteiger partial charge in [0.1, 0.15) is 6.17 Å². The average Bonchev–Trinajstić information content (AvgIpc) is 3.26. The Morgan fingerprint density at radius 2 is 1.92 bits per heavy atom. The van der Waals surface area contributed by atoms with Crippen molar-refractivity contribution in [1.82, 2.24) is 0 Å². The van der Waals surface area contributed by atoms with Gasteiger partial charge in [0.05, 0.1) is 18.6 Å². The molecule has 0 N–H and O–H groups in total. The zero-order chi connectivity index (χ0) is 27.4. The molecule has 1 saturated heterocycles. The lowest BCUT2D eigenvalue weighted by molar-refractivity contribution is -0.132. The monoisotopic (exact) mass is 529 g/mol. The van der Waals surface area contributed by atoms with E-state index in [1.165, 1.54) is 16.8 Å². The molecule has 2 saturated carbocycles. The van der Waals surface area contributed by atoms with Crippen LogP contribution in [0.4, 0.5) is 10.1 Å². The molecule has 1 aliphatic heterocycles. The van der Waals surface area contributed by atoms with Gasteiger partial charge in [-0.05, 0) is 91.2 Å². The number of ether oxygens (including phenoxy) is 1. The molecule has 6 rings (SSSR count). The summed E-state index contributed by atoms with van der Waals surface area (Å²) in [7, 11) is 0. The first kappa shape index (κ1) is 26.5. The minimum atomic E-state index is -1.13. The summed E-state index contributed by atoms with van der Waals surface area (Å²) in [5, 5.41) is 0. The minimum absolute atomic E-state index is 0.0363. The predicted molar refractivity (Wildman–Crippen MR) is 151 cm³/mol. The molecule has 3 fully saturated rings. The molecule has 1 aromatic rings. The van der Waals surface area contributed by atoms with Crippen molar-refractivity contribution in [2.75, 3.05) is 31.2 Å². The Kier molecular flexibility index (Phi) is 6.82. The molecule has 1 aromatic carbocycles. The lowest BCUT2D eigenvalue weighted by Gasteiger charge is -2.55. The zero-order valence-electron chi connectivity index (χ0n) is 23.5. The summed E-state index contributed by atoms with van der Waals surface area (Å²) in [5.74, 6) is 7.21. The van der Waals surface area contributed by atoms with Crippen molar-refractivity contribution in [1.29, 1.82) is 0 Å². The summed E-state index contributed by atoms with van der Waals surface area (Å²) in [5.41, 5.74) is 4.45. The van der Waals surface area contributed by atoms with E-state index in [0.717, 1.165) is 51.1 Å². The highest BCUT2D eigenvalue weighted by molar-refractivity contribution is 5.93. The van der Waals surface area contributed by atoms with Crippen LogP contribution in [0.15, 0.2) is 47.1 Å². The molecule has 0 radical (unpaired) electrons. The molecule has 0 bridgehead atoms. The van der Waals surface area contributed by atoms with Crippen LogP contribution in [-0.2, 0) is 14.3 Å². The first-order chi connectivity index (χ1) is 18.8. The molecule has 206 valence electrons. The lowest BCUT2D eigenvalue weighted by Crippen LogP contribution is -2.51. The van der Waals surface area contributed by atoms with Crippen molar-refractivity contribution in [3.05, 3.63) is 52.6 Å². The zero-order valence-corrected chi connectivity index (χ0v) is 23.5. The highest BCUT2D eigenvalue weighted by Crippen LogP contribution is 2.70. The van der Waals surface area contributed by atoms with Crippen LogP contribution < -0.4 is 4.90 Å². The van der Waals surface area contributed by atoms with Crippen molar-refractivity contribution >= 4 is 17.3 Å². The molecule has 0 spiro atoms. The molecular formula is C34H40FNO3. The van der Waals surface area contributed by atoms with Crippen LogP contribution in [-0.4, -0.2) is 44.0 Å². The number of benzene rings is 1. The highest BCUT2D eigenvalue weighted by Gasteiger charge is 2.65. The average molecular weight is 530 g/mol. The second-order valence-electron chi connectivity index (χ2n) is 12.4. The number of hydrogen-bond acceptors (Lipinski definition) is 4. The van der Waals surface area contributed by atoms with Crippen LogP contribution in [0.5, 0.6) is 0 Å². The van der Waals surface area contributed by atoms with E-state index in [0.29, 0.717) is 31.3 Å². The van der Waals surface area contributed by atoms with E-state index in [4.69, 9.17) is 4.74 Å². The van der Waals surface area contributed by atoms with E-state index in [1.54, 1.807) is 6.08 Å². The van der Waals surface area contributed by atoms with Crippen LogP contribution in [0.1, 0.15) is 77.2 Å². The Morgan fingerprint density at radius 1 is 1.18 bits per heavy atom. The Balaban J connectivity index is 1.49. The summed E-state index contributed by atoms with van der Waals surface area (Å²) >= 11 is 0.